The third-order valence-corrected chi connectivity index (χ3v) is 4.45. The number of aromatic nitrogens is 1. The second-order valence-electron chi connectivity index (χ2n) is 4.86. The quantitative estimate of drug-likeness (QED) is 0.799. The maximum Gasteiger partial charge on any atom is 0.264 e. The van der Waals surface area contributed by atoms with Gasteiger partial charge in [0, 0.05) is 23.8 Å². The molecule has 1 N–H and O–H groups in total. The molecule has 1 heterocycles. The summed E-state index contributed by atoms with van der Waals surface area (Å²) in [5.41, 5.74) is 0.0286. The molecule has 0 spiro atoms. The molecule has 1 saturated carbocycles. The first kappa shape index (κ1) is 14.3. The normalized spacial score (nSPS) is 16.3. The molecule has 18 heavy (non-hydrogen) atoms. The van der Waals surface area contributed by atoms with Crippen molar-refractivity contribution < 1.29 is 0 Å². The van der Waals surface area contributed by atoms with Gasteiger partial charge in [-0.2, -0.15) is 0 Å². The van der Waals surface area contributed by atoms with Gasteiger partial charge in [-0.1, -0.05) is 12.8 Å². The number of nitrogens with one attached hydrogen (secondary N) is 1. The molecule has 1 aliphatic rings. The Labute approximate surface area is 124 Å². The zero-order valence-electron chi connectivity index (χ0n) is 10.3. The highest BCUT2D eigenvalue weighted by molar-refractivity contribution is 9.11. The maximum absolute atomic E-state index is 11.8. The summed E-state index contributed by atoms with van der Waals surface area (Å²) in [6, 6.07) is 1.78. The molecule has 0 atom stereocenters. The van der Waals surface area contributed by atoms with Crippen LogP contribution in [0.2, 0.25) is 0 Å². The molecule has 0 aliphatic heterocycles. The lowest BCUT2D eigenvalue weighted by Gasteiger charge is -2.11. The molecule has 0 bridgehead atoms. The van der Waals surface area contributed by atoms with E-state index in [0.29, 0.717) is 11.0 Å². The fourth-order valence-electron chi connectivity index (χ4n) is 2.45. The van der Waals surface area contributed by atoms with Gasteiger partial charge in [0.05, 0.1) is 4.47 Å². The number of pyridine rings is 1. The van der Waals surface area contributed by atoms with Gasteiger partial charge in [-0.25, -0.2) is 0 Å². The molecule has 3 nitrogen and oxygen atoms in total. The van der Waals surface area contributed by atoms with Gasteiger partial charge in [-0.3, -0.25) is 4.79 Å². The predicted octanol–water partition coefficient (Wildman–Crippen LogP) is 3.15. The highest BCUT2D eigenvalue weighted by Crippen LogP contribution is 2.23. The van der Waals surface area contributed by atoms with Gasteiger partial charge in [0.1, 0.15) is 0 Å². The molecular weight excluding hydrogens is 360 g/mol. The van der Waals surface area contributed by atoms with E-state index >= 15 is 0 Å². The summed E-state index contributed by atoms with van der Waals surface area (Å²) in [5.74, 6) is 0.843. The third kappa shape index (κ3) is 3.93. The Bertz CT molecular complexity index is 453. The van der Waals surface area contributed by atoms with Gasteiger partial charge in [0.15, 0.2) is 0 Å². The van der Waals surface area contributed by atoms with Crippen molar-refractivity contribution in [3.8, 4) is 0 Å². The molecule has 0 saturated heterocycles. The summed E-state index contributed by atoms with van der Waals surface area (Å²) in [6.07, 6.45) is 7.31. The minimum absolute atomic E-state index is 0.0286. The van der Waals surface area contributed by atoms with Crippen LogP contribution < -0.4 is 10.9 Å². The molecule has 100 valence electrons. The minimum atomic E-state index is 0.0286. The van der Waals surface area contributed by atoms with E-state index in [1.807, 2.05) is 6.20 Å². The molecule has 1 fully saturated rings. The zero-order chi connectivity index (χ0) is 13.0. The van der Waals surface area contributed by atoms with Gasteiger partial charge >= 0.3 is 0 Å². The van der Waals surface area contributed by atoms with Crippen molar-refractivity contribution in [2.45, 2.75) is 32.2 Å². The summed E-state index contributed by atoms with van der Waals surface area (Å²) in [6.45, 7) is 2.65. The van der Waals surface area contributed by atoms with Gasteiger partial charge in [0.2, 0.25) is 0 Å². The molecule has 0 amide bonds. The van der Waals surface area contributed by atoms with E-state index in [0.717, 1.165) is 23.5 Å². The van der Waals surface area contributed by atoms with Crippen molar-refractivity contribution in [1.82, 2.24) is 9.88 Å². The number of hydrogen-bond donors (Lipinski definition) is 1. The van der Waals surface area contributed by atoms with Crippen LogP contribution >= 0.6 is 31.9 Å². The standard InChI is InChI=1S/C13H18Br2N2O/c14-11-7-12(15)13(18)17(9-11)6-5-16-8-10-3-1-2-4-10/h7,9-10,16H,1-6,8H2. The monoisotopic (exact) mass is 376 g/mol. The maximum atomic E-state index is 11.8. The average Bonchev–Trinajstić information content (AvgIpc) is 2.83. The Hall–Kier alpha value is -0.130. The number of nitrogens with zero attached hydrogens (tertiary/aromatic N) is 1. The SMILES string of the molecule is O=c1c(Br)cc(Br)cn1CCNCC1CCCC1. The number of hydrogen-bond acceptors (Lipinski definition) is 2. The van der Waals surface area contributed by atoms with E-state index < -0.39 is 0 Å². The van der Waals surface area contributed by atoms with Crippen LogP contribution in [0.5, 0.6) is 0 Å². The van der Waals surface area contributed by atoms with Crippen molar-refractivity contribution in [2.75, 3.05) is 13.1 Å². The van der Waals surface area contributed by atoms with Crippen molar-refractivity contribution in [3.05, 3.63) is 31.6 Å². The van der Waals surface area contributed by atoms with Gasteiger partial charge in [0.25, 0.3) is 5.56 Å². The lowest BCUT2D eigenvalue weighted by molar-refractivity contribution is 0.473. The molecular formula is C13H18Br2N2O. The van der Waals surface area contributed by atoms with Crippen molar-refractivity contribution >= 4 is 31.9 Å². The van der Waals surface area contributed by atoms with Crippen LogP contribution in [0.4, 0.5) is 0 Å². The van der Waals surface area contributed by atoms with Crippen LogP contribution in [0.25, 0.3) is 0 Å². The van der Waals surface area contributed by atoms with E-state index in [2.05, 4.69) is 37.2 Å². The number of halogens is 2. The summed E-state index contributed by atoms with van der Waals surface area (Å²) in [4.78, 5) is 11.8. The third-order valence-electron chi connectivity index (χ3n) is 3.45. The Balaban J connectivity index is 1.81. The van der Waals surface area contributed by atoms with Crippen LogP contribution in [0, 0.1) is 5.92 Å². The topological polar surface area (TPSA) is 34.0 Å². The van der Waals surface area contributed by atoms with Crippen LogP contribution in [0.3, 0.4) is 0 Å². The molecule has 0 radical (unpaired) electrons. The zero-order valence-corrected chi connectivity index (χ0v) is 13.5. The summed E-state index contributed by atoms with van der Waals surface area (Å²) in [5, 5.41) is 3.45. The largest absolute Gasteiger partial charge is 0.315 e. The van der Waals surface area contributed by atoms with Gasteiger partial charge in [-0.05, 0) is 63.2 Å². The second kappa shape index (κ2) is 6.87. The first-order chi connectivity index (χ1) is 8.66. The van der Waals surface area contributed by atoms with Gasteiger partial charge in [-0.15, -0.1) is 0 Å². The number of rotatable bonds is 5. The van der Waals surface area contributed by atoms with E-state index in [4.69, 9.17) is 0 Å². The van der Waals surface area contributed by atoms with Crippen LogP contribution in [-0.4, -0.2) is 17.7 Å². The Morgan fingerprint density at radius 1 is 1.33 bits per heavy atom. The average molecular weight is 378 g/mol. The van der Waals surface area contributed by atoms with E-state index in [-0.39, 0.29) is 5.56 Å². The molecule has 0 unspecified atom stereocenters. The first-order valence-electron chi connectivity index (χ1n) is 6.43. The molecule has 5 heteroatoms. The minimum Gasteiger partial charge on any atom is -0.315 e. The van der Waals surface area contributed by atoms with Crippen molar-refractivity contribution in [1.29, 1.82) is 0 Å². The predicted molar refractivity (Wildman–Crippen MR) is 80.9 cm³/mol. The smallest absolute Gasteiger partial charge is 0.264 e. The van der Waals surface area contributed by atoms with Crippen LogP contribution in [0.15, 0.2) is 26.0 Å². The summed E-state index contributed by atoms with van der Waals surface area (Å²) >= 11 is 6.68. The van der Waals surface area contributed by atoms with Crippen LogP contribution in [0.1, 0.15) is 25.7 Å². The van der Waals surface area contributed by atoms with Crippen molar-refractivity contribution in [3.63, 3.8) is 0 Å². The lowest BCUT2D eigenvalue weighted by Crippen LogP contribution is -2.29. The van der Waals surface area contributed by atoms with Crippen LogP contribution in [-0.2, 0) is 6.54 Å². The fraction of sp³-hybridized carbons (Fsp3) is 0.615. The van der Waals surface area contributed by atoms with E-state index in [9.17, 15) is 4.79 Å². The lowest BCUT2D eigenvalue weighted by atomic mass is 10.1. The molecule has 1 aliphatic carbocycles. The van der Waals surface area contributed by atoms with Crippen molar-refractivity contribution in [2.24, 2.45) is 5.92 Å². The molecule has 1 aromatic rings. The van der Waals surface area contributed by atoms with E-state index in [1.165, 1.54) is 25.7 Å². The van der Waals surface area contributed by atoms with Gasteiger partial charge < -0.3 is 9.88 Å². The first-order valence-corrected chi connectivity index (χ1v) is 8.01. The Morgan fingerprint density at radius 3 is 2.78 bits per heavy atom. The fourth-order valence-corrected chi connectivity index (χ4v) is 3.71. The Kier molecular flexibility index (Phi) is 5.45. The highest BCUT2D eigenvalue weighted by Gasteiger charge is 2.13. The summed E-state index contributed by atoms with van der Waals surface area (Å²) < 4.78 is 3.26. The highest BCUT2D eigenvalue weighted by atomic mass is 79.9. The molecule has 1 aromatic heterocycles. The Morgan fingerprint density at radius 2 is 2.06 bits per heavy atom. The summed E-state index contributed by atoms with van der Waals surface area (Å²) in [7, 11) is 0. The molecule has 0 aromatic carbocycles. The second-order valence-corrected chi connectivity index (χ2v) is 6.63. The molecule has 2 rings (SSSR count). The van der Waals surface area contributed by atoms with E-state index in [1.54, 1.807) is 10.6 Å².